The van der Waals surface area contributed by atoms with Crippen LogP contribution in [0.2, 0.25) is 5.02 Å². The third-order valence-corrected chi connectivity index (χ3v) is 5.39. The SMILES string of the molecule is NS(=O)(=O)c1ccc(N2CCOC(c3ccccc3Cl)C2)c([N+](=O)[O-])c1. The number of nitrogens with zero attached hydrogens (tertiary/aromatic N) is 2. The molecule has 0 amide bonds. The smallest absolute Gasteiger partial charge is 0.293 e. The van der Waals surface area contributed by atoms with Crippen molar-refractivity contribution in [1.29, 1.82) is 0 Å². The van der Waals surface area contributed by atoms with Crippen molar-refractivity contribution in [1.82, 2.24) is 0 Å². The lowest BCUT2D eigenvalue weighted by molar-refractivity contribution is -0.384. The van der Waals surface area contributed by atoms with Gasteiger partial charge in [0.05, 0.1) is 16.4 Å². The van der Waals surface area contributed by atoms with Crippen LogP contribution >= 0.6 is 11.6 Å². The molecule has 2 aromatic carbocycles. The zero-order chi connectivity index (χ0) is 18.9. The largest absolute Gasteiger partial charge is 0.370 e. The summed E-state index contributed by atoms with van der Waals surface area (Å²) < 4.78 is 28.7. The molecular weight excluding hydrogens is 382 g/mol. The second kappa shape index (κ2) is 7.20. The lowest BCUT2D eigenvalue weighted by Gasteiger charge is -2.34. The number of nitro benzene ring substituents is 1. The van der Waals surface area contributed by atoms with E-state index in [4.69, 9.17) is 21.5 Å². The summed E-state index contributed by atoms with van der Waals surface area (Å²) in [5.41, 5.74) is 0.779. The molecule has 0 bridgehead atoms. The van der Waals surface area contributed by atoms with Crippen LogP contribution in [0.5, 0.6) is 0 Å². The number of nitrogens with two attached hydrogens (primary N) is 1. The Bertz CT molecular complexity index is 951. The Hall–Kier alpha value is -2.20. The van der Waals surface area contributed by atoms with Gasteiger partial charge in [-0.15, -0.1) is 0 Å². The van der Waals surface area contributed by atoms with E-state index < -0.39 is 14.9 Å². The lowest BCUT2D eigenvalue weighted by atomic mass is 10.1. The molecule has 2 aromatic rings. The van der Waals surface area contributed by atoms with Gasteiger partial charge in [-0.25, -0.2) is 13.6 Å². The van der Waals surface area contributed by atoms with Gasteiger partial charge in [-0.2, -0.15) is 0 Å². The number of halogens is 1. The number of anilines is 1. The molecule has 0 aromatic heterocycles. The van der Waals surface area contributed by atoms with E-state index in [9.17, 15) is 18.5 Å². The van der Waals surface area contributed by atoms with Crippen LogP contribution in [0.1, 0.15) is 11.7 Å². The molecule has 1 atom stereocenters. The van der Waals surface area contributed by atoms with Gasteiger partial charge in [0, 0.05) is 29.7 Å². The Balaban J connectivity index is 1.96. The fourth-order valence-corrected chi connectivity index (χ4v) is 3.68. The summed E-state index contributed by atoms with van der Waals surface area (Å²) in [7, 11) is -4.03. The predicted octanol–water partition coefficient (Wildman–Crippen LogP) is 2.47. The van der Waals surface area contributed by atoms with Crippen LogP contribution in [0.15, 0.2) is 47.4 Å². The number of primary sulfonamides is 1. The summed E-state index contributed by atoms with van der Waals surface area (Å²) in [5, 5.41) is 17.1. The first-order valence-electron chi connectivity index (χ1n) is 7.69. The Morgan fingerprint density at radius 2 is 2.00 bits per heavy atom. The summed E-state index contributed by atoms with van der Waals surface area (Å²) >= 11 is 6.22. The van der Waals surface area contributed by atoms with Gasteiger partial charge in [0.2, 0.25) is 10.0 Å². The van der Waals surface area contributed by atoms with Crippen LogP contribution in [0, 0.1) is 10.1 Å². The van der Waals surface area contributed by atoms with Gasteiger partial charge in [-0.3, -0.25) is 10.1 Å². The van der Waals surface area contributed by atoms with Crippen LogP contribution in [-0.4, -0.2) is 33.0 Å². The summed E-state index contributed by atoms with van der Waals surface area (Å²) in [6.45, 7) is 1.12. The second-order valence-corrected chi connectivity index (χ2v) is 7.75. The molecule has 1 fully saturated rings. The third-order valence-electron chi connectivity index (χ3n) is 4.13. The Labute approximate surface area is 155 Å². The molecule has 8 nitrogen and oxygen atoms in total. The highest BCUT2D eigenvalue weighted by atomic mass is 35.5. The van der Waals surface area contributed by atoms with Gasteiger partial charge in [0.25, 0.3) is 5.69 Å². The number of hydrogen-bond acceptors (Lipinski definition) is 6. The van der Waals surface area contributed by atoms with Gasteiger partial charge >= 0.3 is 0 Å². The Morgan fingerprint density at radius 1 is 1.27 bits per heavy atom. The number of nitro groups is 1. The minimum Gasteiger partial charge on any atom is -0.370 e. The van der Waals surface area contributed by atoms with Crippen LogP contribution in [-0.2, 0) is 14.8 Å². The number of sulfonamides is 1. The van der Waals surface area contributed by atoms with E-state index in [1.807, 2.05) is 18.2 Å². The van der Waals surface area contributed by atoms with Crippen molar-refractivity contribution in [2.24, 2.45) is 5.14 Å². The average Bonchev–Trinajstić information content (AvgIpc) is 2.61. The molecule has 0 spiro atoms. The quantitative estimate of drug-likeness (QED) is 0.625. The third kappa shape index (κ3) is 3.80. The molecule has 1 unspecified atom stereocenters. The fourth-order valence-electron chi connectivity index (χ4n) is 2.89. The highest BCUT2D eigenvalue weighted by Gasteiger charge is 2.29. The van der Waals surface area contributed by atoms with E-state index in [-0.39, 0.29) is 16.7 Å². The molecule has 1 aliphatic heterocycles. The lowest BCUT2D eigenvalue weighted by Crippen LogP contribution is -2.38. The molecule has 138 valence electrons. The van der Waals surface area contributed by atoms with Crippen LogP contribution in [0.3, 0.4) is 0 Å². The maximum atomic E-state index is 11.5. The molecule has 0 saturated carbocycles. The monoisotopic (exact) mass is 397 g/mol. The normalized spacial score (nSPS) is 17.9. The van der Waals surface area contributed by atoms with Gasteiger partial charge < -0.3 is 9.64 Å². The van der Waals surface area contributed by atoms with Crippen LogP contribution < -0.4 is 10.0 Å². The van der Waals surface area contributed by atoms with E-state index in [0.717, 1.165) is 11.6 Å². The fraction of sp³-hybridized carbons (Fsp3) is 0.250. The molecular formula is C16H16ClN3O5S. The molecule has 2 N–H and O–H groups in total. The van der Waals surface area contributed by atoms with Crippen molar-refractivity contribution in [2.45, 2.75) is 11.0 Å². The number of hydrogen-bond donors (Lipinski definition) is 1. The summed E-state index contributed by atoms with van der Waals surface area (Å²) in [4.78, 5) is 12.3. The molecule has 26 heavy (non-hydrogen) atoms. The number of ether oxygens (including phenoxy) is 1. The van der Waals surface area contributed by atoms with Crippen molar-refractivity contribution in [2.75, 3.05) is 24.6 Å². The van der Waals surface area contributed by atoms with Gasteiger partial charge in [0.1, 0.15) is 11.8 Å². The molecule has 10 heteroatoms. The molecule has 0 aliphatic carbocycles. The topological polar surface area (TPSA) is 116 Å². The van der Waals surface area contributed by atoms with Crippen molar-refractivity contribution in [3.8, 4) is 0 Å². The minimum absolute atomic E-state index is 0.302. The number of morpholine rings is 1. The molecule has 0 radical (unpaired) electrons. The van der Waals surface area contributed by atoms with E-state index in [2.05, 4.69) is 0 Å². The van der Waals surface area contributed by atoms with Crippen LogP contribution in [0.25, 0.3) is 0 Å². The second-order valence-electron chi connectivity index (χ2n) is 5.78. The predicted molar refractivity (Wildman–Crippen MR) is 96.8 cm³/mol. The number of rotatable bonds is 4. The molecule has 1 saturated heterocycles. The van der Waals surface area contributed by atoms with Gasteiger partial charge in [-0.05, 0) is 18.2 Å². The zero-order valence-electron chi connectivity index (χ0n) is 13.5. The summed E-state index contributed by atoms with van der Waals surface area (Å²) in [6, 6.07) is 10.9. The van der Waals surface area contributed by atoms with Gasteiger partial charge in [-0.1, -0.05) is 29.8 Å². The first kappa shape index (κ1) is 18.6. The van der Waals surface area contributed by atoms with E-state index in [1.165, 1.54) is 12.1 Å². The highest BCUT2D eigenvalue weighted by molar-refractivity contribution is 7.89. The van der Waals surface area contributed by atoms with Crippen molar-refractivity contribution in [3.05, 3.63) is 63.2 Å². The van der Waals surface area contributed by atoms with Crippen LogP contribution in [0.4, 0.5) is 11.4 Å². The highest BCUT2D eigenvalue weighted by Crippen LogP contribution is 2.35. The molecule has 1 heterocycles. The van der Waals surface area contributed by atoms with Crippen molar-refractivity contribution in [3.63, 3.8) is 0 Å². The average molecular weight is 398 g/mol. The first-order valence-corrected chi connectivity index (χ1v) is 9.62. The zero-order valence-corrected chi connectivity index (χ0v) is 15.1. The molecule has 1 aliphatic rings. The Morgan fingerprint density at radius 3 is 2.65 bits per heavy atom. The van der Waals surface area contributed by atoms with Crippen molar-refractivity contribution < 1.29 is 18.1 Å². The van der Waals surface area contributed by atoms with E-state index >= 15 is 0 Å². The summed E-state index contributed by atoms with van der Waals surface area (Å²) in [6.07, 6.45) is -0.352. The Kier molecular flexibility index (Phi) is 5.15. The standard InChI is InChI=1S/C16H16ClN3O5S/c17-13-4-2-1-3-12(13)16-10-19(7-8-25-16)14-6-5-11(26(18,23)24)9-15(14)20(21)22/h1-6,9,16H,7-8,10H2,(H2,18,23,24). The van der Waals surface area contributed by atoms with E-state index in [1.54, 1.807) is 11.0 Å². The first-order chi connectivity index (χ1) is 12.3. The maximum absolute atomic E-state index is 11.5. The minimum atomic E-state index is -4.03. The van der Waals surface area contributed by atoms with E-state index in [0.29, 0.717) is 30.4 Å². The maximum Gasteiger partial charge on any atom is 0.293 e. The summed E-state index contributed by atoms with van der Waals surface area (Å²) in [5.74, 6) is 0. The van der Waals surface area contributed by atoms with Gasteiger partial charge in [0.15, 0.2) is 0 Å². The molecule has 3 rings (SSSR count). The number of benzene rings is 2. The van der Waals surface area contributed by atoms with Crippen molar-refractivity contribution >= 4 is 33.0 Å².